The summed E-state index contributed by atoms with van der Waals surface area (Å²) in [6.45, 7) is 4.56. The number of carbonyl (C=O) groups excluding carboxylic acids is 3. The van der Waals surface area contributed by atoms with Gasteiger partial charge in [-0.1, -0.05) is 30.3 Å². The fourth-order valence-corrected chi connectivity index (χ4v) is 2.11. The van der Waals surface area contributed by atoms with E-state index in [2.05, 4.69) is 9.78 Å². The summed E-state index contributed by atoms with van der Waals surface area (Å²) in [5.41, 5.74) is 0.204. The third-order valence-electron chi connectivity index (χ3n) is 3.53. The number of carbonyl (C=O) groups is 3. The first-order chi connectivity index (χ1) is 12.6. The van der Waals surface area contributed by atoms with Crippen LogP contribution in [0.4, 0.5) is 4.79 Å². The largest absolute Gasteiger partial charge is 0.415 e. The Bertz CT molecular complexity index is 771. The molecule has 0 aliphatic carbocycles. The number of ether oxygens (including phenoxy) is 1. The molecule has 0 aliphatic heterocycles. The first-order valence-corrected chi connectivity index (χ1v) is 8.10. The minimum Gasteiger partial charge on any atom is -0.409 e. The molecular weight excluding hydrogens is 338 g/mol. The molecule has 0 spiro atoms. The van der Waals surface area contributed by atoms with Crippen molar-refractivity contribution in [2.75, 3.05) is 13.1 Å². The van der Waals surface area contributed by atoms with Crippen LogP contribution in [0.1, 0.15) is 34.6 Å². The van der Waals surface area contributed by atoms with E-state index in [1.54, 1.807) is 30.3 Å². The molecular formula is C19H19NO6. The number of benzene rings is 2. The van der Waals surface area contributed by atoms with Crippen LogP contribution >= 0.6 is 0 Å². The molecule has 2 aromatic carbocycles. The average Bonchev–Trinajstić information content (AvgIpc) is 2.68. The Labute approximate surface area is 151 Å². The summed E-state index contributed by atoms with van der Waals surface area (Å²) < 4.78 is 5.25. The molecule has 7 heteroatoms. The molecule has 0 aromatic heterocycles. The molecule has 0 fully saturated rings. The molecule has 0 heterocycles. The molecule has 0 bridgehead atoms. The maximum Gasteiger partial charge on any atom is 0.415 e. The van der Waals surface area contributed by atoms with E-state index in [-0.39, 0.29) is 16.9 Å². The molecule has 7 nitrogen and oxygen atoms in total. The van der Waals surface area contributed by atoms with Crippen LogP contribution in [0, 0.1) is 0 Å². The van der Waals surface area contributed by atoms with Gasteiger partial charge in [0.2, 0.25) is 0 Å². The summed E-state index contributed by atoms with van der Waals surface area (Å²) in [5, 5.41) is 0. The molecule has 136 valence electrons. The Balaban J connectivity index is 2.05. The van der Waals surface area contributed by atoms with Gasteiger partial charge in [-0.2, -0.15) is 0 Å². The van der Waals surface area contributed by atoms with Gasteiger partial charge < -0.3 is 9.64 Å². The van der Waals surface area contributed by atoms with E-state index in [4.69, 9.17) is 4.74 Å². The van der Waals surface area contributed by atoms with Crippen LogP contribution in [0.2, 0.25) is 0 Å². The Morgan fingerprint density at radius 2 is 1.38 bits per heavy atom. The molecule has 26 heavy (non-hydrogen) atoms. The van der Waals surface area contributed by atoms with E-state index in [9.17, 15) is 14.4 Å². The van der Waals surface area contributed by atoms with Crippen molar-refractivity contribution in [3.8, 4) is 5.75 Å². The Kier molecular flexibility index (Phi) is 6.73. The lowest BCUT2D eigenvalue weighted by atomic mass is 10.2. The van der Waals surface area contributed by atoms with Crippen molar-refractivity contribution in [1.29, 1.82) is 0 Å². The predicted octanol–water partition coefficient (Wildman–Crippen LogP) is 3.46. The second-order valence-corrected chi connectivity index (χ2v) is 5.14. The molecule has 2 rings (SSSR count). The van der Waals surface area contributed by atoms with Gasteiger partial charge in [0.25, 0.3) is 0 Å². The Hall–Kier alpha value is -3.35. The van der Waals surface area contributed by atoms with E-state index in [0.717, 1.165) is 0 Å². The molecule has 2 aromatic rings. The SMILES string of the molecule is CCN(CC)C(=O)Oc1ccccc1C(=O)OOC(=O)c1ccccc1. The van der Waals surface area contributed by atoms with Gasteiger partial charge >= 0.3 is 18.0 Å². The molecule has 0 saturated carbocycles. The maximum atomic E-state index is 12.2. The number of hydrogen-bond acceptors (Lipinski definition) is 6. The second kappa shape index (κ2) is 9.22. The van der Waals surface area contributed by atoms with Gasteiger partial charge in [0.05, 0.1) is 5.56 Å². The minimum absolute atomic E-state index is 0.0187. The van der Waals surface area contributed by atoms with Crippen LogP contribution in [0.25, 0.3) is 0 Å². The van der Waals surface area contributed by atoms with E-state index in [0.29, 0.717) is 13.1 Å². The quantitative estimate of drug-likeness (QED) is 0.602. The summed E-state index contributed by atoms with van der Waals surface area (Å²) in [6, 6.07) is 14.1. The first kappa shape index (κ1) is 19.0. The summed E-state index contributed by atoms with van der Waals surface area (Å²) >= 11 is 0. The van der Waals surface area contributed by atoms with Crippen molar-refractivity contribution < 1.29 is 28.9 Å². The lowest BCUT2D eigenvalue weighted by Gasteiger charge is -2.18. The monoisotopic (exact) mass is 357 g/mol. The van der Waals surface area contributed by atoms with Crippen LogP contribution in [-0.4, -0.2) is 36.0 Å². The number of amides is 1. The highest BCUT2D eigenvalue weighted by atomic mass is 17.2. The smallest absolute Gasteiger partial charge is 0.409 e. The molecule has 0 unspecified atom stereocenters. The molecule has 0 radical (unpaired) electrons. The van der Waals surface area contributed by atoms with Crippen molar-refractivity contribution in [3.63, 3.8) is 0 Å². The summed E-state index contributed by atoms with van der Waals surface area (Å²) in [7, 11) is 0. The highest BCUT2D eigenvalue weighted by Crippen LogP contribution is 2.20. The molecule has 0 aliphatic rings. The molecule has 1 amide bonds. The van der Waals surface area contributed by atoms with Gasteiger partial charge in [-0.05, 0) is 38.1 Å². The number of rotatable bonds is 5. The minimum atomic E-state index is -0.947. The van der Waals surface area contributed by atoms with Crippen LogP contribution in [0.3, 0.4) is 0 Å². The van der Waals surface area contributed by atoms with Crippen molar-refractivity contribution in [1.82, 2.24) is 4.90 Å². The van der Waals surface area contributed by atoms with E-state index in [1.165, 1.54) is 29.2 Å². The van der Waals surface area contributed by atoms with Crippen LogP contribution < -0.4 is 4.74 Å². The molecule has 0 N–H and O–H groups in total. The van der Waals surface area contributed by atoms with Crippen LogP contribution in [0.15, 0.2) is 54.6 Å². The standard InChI is InChI=1S/C19H19NO6/c1-3-20(4-2)19(23)24-16-13-9-8-12-15(16)18(22)26-25-17(21)14-10-6-5-7-11-14/h5-13H,3-4H2,1-2H3. The van der Waals surface area contributed by atoms with Crippen LogP contribution in [0.5, 0.6) is 5.75 Å². The first-order valence-electron chi connectivity index (χ1n) is 8.10. The van der Waals surface area contributed by atoms with Crippen molar-refractivity contribution >= 4 is 18.0 Å². The number of nitrogens with zero attached hydrogens (tertiary/aromatic N) is 1. The van der Waals surface area contributed by atoms with Crippen molar-refractivity contribution in [3.05, 3.63) is 65.7 Å². The van der Waals surface area contributed by atoms with Gasteiger partial charge in [-0.15, -0.1) is 0 Å². The zero-order valence-electron chi connectivity index (χ0n) is 14.5. The lowest BCUT2D eigenvalue weighted by molar-refractivity contribution is -0.187. The zero-order chi connectivity index (χ0) is 18.9. The van der Waals surface area contributed by atoms with Gasteiger partial charge in [0.15, 0.2) is 0 Å². The van der Waals surface area contributed by atoms with E-state index >= 15 is 0 Å². The van der Waals surface area contributed by atoms with Crippen LogP contribution in [-0.2, 0) is 9.78 Å². The normalized spacial score (nSPS) is 9.92. The van der Waals surface area contributed by atoms with Crippen molar-refractivity contribution in [2.45, 2.75) is 13.8 Å². The van der Waals surface area contributed by atoms with E-state index in [1.807, 2.05) is 13.8 Å². The molecule has 0 atom stereocenters. The van der Waals surface area contributed by atoms with Crippen molar-refractivity contribution in [2.24, 2.45) is 0 Å². The highest BCUT2D eigenvalue weighted by Gasteiger charge is 2.21. The van der Waals surface area contributed by atoms with Gasteiger partial charge in [0.1, 0.15) is 11.3 Å². The second-order valence-electron chi connectivity index (χ2n) is 5.14. The third-order valence-corrected chi connectivity index (χ3v) is 3.53. The number of hydrogen-bond donors (Lipinski definition) is 0. The predicted molar refractivity (Wildman–Crippen MR) is 92.7 cm³/mol. The highest BCUT2D eigenvalue weighted by molar-refractivity contribution is 5.94. The average molecular weight is 357 g/mol. The lowest BCUT2D eigenvalue weighted by Crippen LogP contribution is -2.33. The van der Waals surface area contributed by atoms with Gasteiger partial charge in [-0.25, -0.2) is 24.2 Å². The fourth-order valence-electron chi connectivity index (χ4n) is 2.11. The summed E-state index contributed by atoms with van der Waals surface area (Å²) in [4.78, 5) is 46.7. The van der Waals surface area contributed by atoms with Gasteiger partial charge in [-0.3, -0.25) is 0 Å². The topological polar surface area (TPSA) is 82.1 Å². The molecule has 0 saturated heterocycles. The Morgan fingerprint density at radius 3 is 2.04 bits per heavy atom. The van der Waals surface area contributed by atoms with E-state index < -0.39 is 18.0 Å². The fraction of sp³-hybridized carbons (Fsp3) is 0.211. The zero-order valence-corrected chi connectivity index (χ0v) is 14.5. The number of para-hydroxylation sites is 1. The summed E-state index contributed by atoms with van der Waals surface area (Å²) in [5.74, 6) is -1.74. The summed E-state index contributed by atoms with van der Waals surface area (Å²) in [6.07, 6.45) is -0.587. The Morgan fingerprint density at radius 1 is 0.808 bits per heavy atom. The third kappa shape index (κ3) is 4.83. The maximum absolute atomic E-state index is 12.2. The van der Waals surface area contributed by atoms with Gasteiger partial charge in [0, 0.05) is 13.1 Å².